The average Bonchev–Trinajstić information content (AvgIpc) is 2.44. The Labute approximate surface area is 119 Å². The van der Waals surface area contributed by atoms with Crippen molar-refractivity contribution >= 4 is 11.6 Å². The number of carbonyl (C=O) groups is 1. The molecule has 1 amide bonds. The lowest BCUT2D eigenvalue weighted by Gasteiger charge is -2.31. The van der Waals surface area contributed by atoms with Gasteiger partial charge >= 0.3 is 0 Å². The van der Waals surface area contributed by atoms with E-state index in [4.69, 9.17) is 5.73 Å². The Hall–Kier alpha value is -1.46. The Balaban J connectivity index is 1.97. The van der Waals surface area contributed by atoms with Crippen LogP contribution in [0, 0.1) is 5.82 Å². The van der Waals surface area contributed by atoms with Gasteiger partial charge in [-0.25, -0.2) is 4.39 Å². The van der Waals surface area contributed by atoms with Crippen LogP contribution in [0.15, 0.2) is 24.3 Å². The molecule has 1 fully saturated rings. The summed E-state index contributed by atoms with van der Waals surface area (Å²) in [4.78, 5) is 16.2. The maximum absolute atomic E-state index is 12.9. The van der Waals surface area contributed by atoms with Crippen molar-refractivity contribution in [2.45, 2.75) is 25.8 Å². The first kappa shape index (κ1) is 14.9. The van der Waals surface area contributed by atoms with Crippen molar-refractivity contribution in [3.05, 3.63) is 30.1 Å². The van der Waals surface area contributed by atoms with Gasteiger partial charge in [0.2, 0.25) is 5.91 Å². The van der Waals surface area contributed by atoms with Crippen LogP contribution in [0.1, 0.15) is 19.8 Å². The summed E-state index contributed by atoms with van der Waals surface area (Å²) in [5.74, 6) is -0.239. The largest absolute Gasteiger partial charge is 0.328 e. The fourth-order valence-electron chi connectivity index (χ4n) is 2.51. The fraction of sp³-hybridized carbons (Fsp3) is 0.533. The third-order valence-corrected chi connectivity index (χ3v) is 3.75. The van der Waals surface area contributed by atoms with Crippen LogP contribution in [-0.4, -0.2) is 43.0 Å². The van der Waals surface area contributed by atoms with Gasteiger partial charge in [0.05, 0.1) is 6.54 Å². The first-order valence-corrected chi connectivity index (χ1v) is 7.14. The molecule has 0 radical (unpaired) electrons. The third kappa shape index (κ3) is 3.77. The second-order valence-corrected chi connectivity index (χ2v) is 5.23. The highest BCUT2D eigenvalue weighted by Gasteiger charge is 2.21. The lowest BCUT2D eigenvalue weighted by Crippen LogP contribution is -2.45. The van der Waals surface area contributed by atoms with Crippen molar-refractivity contribution in [1.82, 2.24) is 4.90 Å². The van der Waals surface area contributed by atoms with Crippen molar-refractivity contribution in [2.24, 2.45) is 5.73 Å². The monoisotopic (exact) mass is 279 g/mol. The molecule has 2 N–H and O–H groups in total. The molecule has 1 aromatic rings. The topological polar surface area (TPSA) is 49.6 Å². The van der Waals surface area contributed by atoms with E-state index in [1.165, 1.54) is 12.1 Å². The molecule has 2 rings (SSSR count). The molecule has 4 nitrogen and oxygen atoms in total. The molecule has 110 valence electrons. The van der Waals surface area contributed by atoms with E-state index in [-0.39, 0.29) is 17.8 Å². The van der Waals surface area contributed by atoms with E-state index in [9.17, 15) is 9.18 Å². The molecule has 20 heavy (non-hydrogen) atoms. The number of anilines is 1. The summed E-state index contributed by atoms with van der Waals surface area (Å²) in [6.07, 6.45) is 1.88. The Morgan fingerprint density at radius 3 is 2.50 bits per heavy atom. The van der Waals surface area contributed by atoms with Crippen molar-refractivity contribution in [1.29, 1.82) is 0 Å². The number of piperidine rings is 1. The fourth-order valence-corrected chi connectivity index (χ4v) is 2.51. The zero-order valence-electron chi connectivity index (χ0n) is 11.9. The van der Waals surface area contributed by atoms with Crippen LogP contribution in [0.3, 0.4) is 0 Å². The Bertz CT molecular complexity index is 441. The van der Waals surface area contributed by atoms with Gasteiger partial charge in [-0.15, -0.1) is 0 Å². The Morgan fingerprint density at radius 1 is 1.35 bits per heavy atom. The molecule has 1 aliphatic rings. The van der Waals surface area contributed by atoms with E-state index in [1.807, 2.05) is 6.92 Å². The average molecular weight is 279 g/mol. The lowest BCUT2D eigenvalue weighted by molar-refractivity contribution is -0.120. The van der Waals surface area contributed by atoms with E-state index in [0.29, 0.717) is 13.1 Å². The molecule has 0 aromatic heterocycles. The maximum atomic E-state index is 12.9. The normalized spacial score (nSPS) is 17.1. The second kappa shape index (κ2) is 6.81. The molecular weight excluding hydrogens is 257 g/mol. The van der Waals surface area contributed by atoms with Crippen LogP contribution >= 0.6 is 0 Å². The van der Waals surface area contributed by atoms with Gasteiger partial charge in [-0.2, -0.15) is 0 Å². The van der Waals surface area contributed by atoms with E-state index >= 15 is 0 Å². The van der Waals surface area contributed by atoms with Gasteiger partial charge in [0, 0.05) is 31.4 Å². The van der Waals surface area contributed by atoms with Crippen molar-refractivity contribution in [3.8, 4) is 0 Å². The molecule has 0 saturated carbocycles. The third-order valence-electron chi connectivity index (χ3n) is 3.75. The van der Waals surface area contributed by atoms with Crippen LogP contribution in [-0.2, 0) is 4.79 Å². The van der Waals surface area contributed by atoms with Crippen molar-refractivity contribution in [3.63, 3.8) is 0 Å². The van der Waals surface area contributed by atoms with E-state index < -0.39 is 0 Å². The molecule has 0 bridgehead atoms. The minimum absolute atomic E-state index is 0.0505. The molecule has 0 atom stereocenters. The maximum Gasteiger partial charge on any atom is 0.241 e. The standard InChI is InChI=1S/C15H22FN3O/c1-2-19(14-5-3-12(16)4-6-14)15(20)11-18-9-7-13(17)8-10-18/h3-6,13H,2,7-11,17H2,1H3. The number of halogens is 1. The molecule has 0 unspecified atom stereocenters. The van der Waals surface area contributed by atoms with Crippen LogP contribution in [0.4, 0.5) is 10.1 Å². The van der Waals surface area contributed by atoms with E-state index in [1.54, 1.807) is 17.0 Å². The van der Waals surface area contributed by atoms with Crippen LogP contribution < -0.4 is 10.6 Å². The zero-order chi connectivity index (χ0) is 14.5. The molecule has 1 aromatic carbocycles. The molecule has 1 aliphatic heterocycles. The van der Waals surface area contributed by atoms with Crippen molar-refractivity contribution < 1.29 is 9.18 Å². The van der Waals surface area contributed by atoms with Gasteiger partial charge < -0.3 is 10.6 Å². The van der Waals surface area contributed by atoms with Gasteiger partial charge in [0.1, 0.15) is 5.82 Å². The number of hydrogen-bond donors (Lipinski definition) is 1. The molecule has 5 heteroatoms. The number of benzene rings is 1. The van der Waals surface area contributed by atoms with Gasteiger partial charge in [-0.05, 0) is 44.0 Å². The number of rotatable bonds is 4. The molecule has 0 spiro atoms. The highest BCUT2D eigenvalue weighted by Crippen LogP contribution is 2.16. The summed E-state index contributed by atoms with van der Waals surface area (Å²) in [6, 6.07) is 6.31. The predicted octanol–water partition coefficient (Wildman–Crippen LogP) is 1.60. The minimum Gasteiger partial charge on any atom is -0.328 e. The lowest BCUT2D eigenvalue weighted by atomic mass is 10.1. The summed E-state index contributed by atoms with van der Waals surface area (Å²) in [7, 11) is 0. The van der Waals surface area contributed by atoms with Gasteiger partial charge in [-0.1, -0.05) is 0 Å². The van der Waals surface area contributed by atoms with Gasteiger partial charge in [-0.3, -0.25) is 9.69 Å². The number of hydrogen-bond acceptors (Lipinski definition) is 3. The summed E-state index contributed by atoms with van der Waals surface area (Å²) in [6.45, 7) is 4.64. The summed E-state index contributed by atoms with van der Waals surface area (Å²) >= 11 is 0. The smallest absolute Gasteiger partial charge is 0.241 e. The van der Waals surface area contributed by atoms with E-state index in [2.05, 4.69) is 4.90 Å². The Morgan fingerprint density at radius 2 is 1.95 bits per heavy atom. The molecule has 1 heterocycles. The predicted molar refractivity (Wildman–Crippen MR) is 78.1 cm³/mol. The highest BCUT2D eigenvalue weighted by atomic mass is 19.1. The summed E-state index contributed by atoms with van der Waals surface area (Å²) < 4.78 is 12.9. The van der Waals surface area contributed by atoms with E-state index in [0.717, 1.165) is 31.6 Å². The number of nitrogens with two attached hydrogens (primary N) is 1. The van der Waals surface area contributed by atoms with Gasteiger partial charge in [0.25, 0.3) is 0 Å². The zero-order valence-corrected chi connectivity index (χ0v) is 11.9. The number of amides is 1. The number of carbonyl (C=O) groups excluding carboxylic acids is 1. The number of likely N-dealkylation sites (N-methyl/N-ethyl adjacent to an activating group) is 1. The molecular formula is C15H22FN3O. The molecule has 1 saturated heterocycles. The van der Waals surface area contributed by atoms with Gasteiger partial charge in [0.15, 0.2) is 0 Å². The molecule has 0 aliphatic carbocycles. The van der Waals surface area contributed by atoms with Crippen LogP contribution in [0.2, 0.25) is 0 Å². The quantitative estimate of drug-likeness (QED) is 0.911. The SMILES string of the molecule is CCN(C(=O)CN1CCC(N)CC1)c1ccc(F)cc1. The number of likely N-dealkylation sites (tertiary alicyclic amines) is 1. The Kier molecular flexibility index (Phi) is 5.09. The summed E-state index contributed by atoms with van der Waals surface area (Å²) in [5.41, 5.74) is 6.60. The highest BCUT2D eigenvalue weighted by molar-refractivity contribution is 5.94. The summed E-state index contributed by atoms with van der Waals surface area (Å²) in [5, 5.41) is 0. The van der Waals surface area contributed by atoms with Crippen LogP contribution in [0.5, 0.6) is 0 Å². The first-order valence-electron chi connectivity index (χ1n) is 7.14. The first-order chi connectivity index (χ1) is 9.60. The second-order valence-electron chi connectivity index (χ2n) is 5.23. The minimum atomic E-state index is -0.290. The van der Waals surface area contributed by atoms with Crippen molar-refractivity contribution in [2.75, 3.05) is 31.1 Å². The van der Waals surface area contributed by atoms with Crippen LogP contribution in [0.25, 0.3) is 0 Å². The number of nitrogens with zero attached hydrogens (tertiary/aromatic N) is 2.